The molecule has 9 heteroatoms. The van der Waals surface area contributed by atoms with Crippen LogP contribution in [0.2, 0.25) is 0 Å². The predicted molar refractivity (Wildman–Crippen MR) is 95.0 cm³/mol. The lowest BCUT2D eigenvalue weighted by molar-refractivity contribution is -0.137. The lowest BCUT2D eigenvalue weighted by Crippen LogP contribution is -2.17. The van der Waals surface area contributed by atoms with Crippen molar-refractivity contribution in [2.45, 2.75) is 33.1 Å². The largest absolute Gasteiger partial charge is 0.451 e. The number of fused-ring (bicyclic) bond motifs is 1. The van der Waals surface area contributed by atoms with Gasteiger partial charge in [0.1, 0.15) is 4.83 Å². The number of nitrogens with zero attached hydrogens (tertiary/aromatic N) is 1. The van der Waals surface area contributed by atoms with Crippen molar-refractivity contribution in [1.82, 2.24) is 9.97 Å². The number of hydrogen-bond donors (Lipinski definition) is 1. The van der Waals surface area contributed by atoms with Gasteiger partial charge in [-0.3, -0.25) is 4.79 Å². The van der Waals surface area contributed by atoms with Gasteiger partial charge in [-0.05, 0) is 44.5 Å². The lowest BCUT2D eigenvalue weighted by atomic mass is 10.1. The van der Waals surface area contributed by atoms with Crippen LogP contribution in [0.15, 0.2) is 29.1 Å². The number of aromatic nitrogens is 2. The average molecular weight is 396 g/mol. The van der Waals surface area contributed by atoms with Crippen LogP contribution >= 0.6 is 11.3 Å². The zero-order valence-electron chi connectivity index (χ0n) is 14.6. The van der Waals surface area contributed by atoms with Gasteiger partial charge in [-0.2, -0.15) is 13.2 Å². The van der Waals surface area contributed by atoms with Gasteiger partial charge in [0.25, 0.3) is 5.56 Å². The van der Waals surface area contributed by atoms with Gasteiger partial charge in [0.05, 0.1) is 16.5 Å². The molecule has 2 heterocycles. The highest BCUT2D eigenvalue weighted by atomic mass is 32.1. The number of rotatable bonds is 3. The van der Waals surface area contributed by atoms with Gasteiger partial charge in [-0.25, -0.2) is 9.78 Å². The molecule has 1 atom stereocenters. The van der Waals surface area contributed by atoms with E-state index in [-0.39, 0.29) is 16.9 Å². The summed E-state index contributed by atoms with van der Waals surface area (Å²) in [6.07, 6.45) is -5.50. The van der Waals surface area contributed by atoms with Crippen LogP contribution < -0.4 is 5.56 Å². The van der Waals surface area contributed by atoms with E-state index in [4.69, 9.17) is 4.74 Å². The second-order valence-electron chi connectivity index (χ2n) is 6.04. The fraction of sp³-hybridized carbons (Fsp3) is 0.278. The van der Waals surface area contributed by atoms with Crippen molar-refractivity contribution >= 4 is 27.5 Å². The molecule has 1 N–H and O–H groups in total. The van der Waals surface area contributed by atoms with Crippen molar-refractivity contribution in [1.29, 1.82) is 0 Å². The Morgan fingerprint density at radius 2 is 2.00 bits per heavy atom. The number of halogens is 3. The number of carbonyl (C=O) groups is 1. The van der Waals surface area contributed by atoms with Gasteiger partial charge < -0.3 is 9.72 Å². The molecule has 0 aliphatic carbocycles. The minimum Gasteiger partial charge on any atom is -0.451 e. The van der Waals surface area contributed by atoms with E-state index in [9.17, 15) is 22.8 Å². The Morgan fingerprint density at radius 1 is 1.30 bits per heavy atom. The average Bonchev–Trinajstić information content (AvgIpc) is 2.88. The minimum atomic E-state index is -4.56. The first-order valence-electron chi connectivity index (χ1n) is 7.96. The number of aryl methyl sites for hydroxylation is 2. The number of hydrogen-bond acceptors (Lipinski definition) is 5. The number of carbonyl (C=O) groups excluding carboxylic acids is 1. The summed E-state index contributed by atoms with van der Waals surface area (Å²) < 4.78 is 43.6. The Hall–Kier alpha value is -2.68. The molecule has 3 rings (SSSR count). The molecule has 0 radical (unpaired) electrons. The number of alkyl halides is 3. The van der Waals surface area contributed by atoms with Gasteiger partial charge >= 0.3 is 12.1 Å². The van der Waals surface area contributed by atoms with Crippen LogP contribution in [0.3, 0.4) is 0 Å². The first-order chi connectivity index (χ1) is 12.6. The highest BCUT2D eigenvalue weighted by Gasteiger charge is 2.31. The van der Waals surface area contributed by atoms with E-state index >= 15 is 0 Å². The molecule has 1 aromatic carbocycles. The fourth-order valence-electron chi connectivity index (χ4n) is 2.57. The fourth-order valence-corrected chi connectivity index (χ4v) is 3.61. The molecule has 0 fully saturated rings. The van der Waals surface area contributed by atoms with Gasteiger partial charge in [-0.15, -0.1) is 11.3 Å². The Bertz CT molecular complexity index is 1090. The van der Waals surface area contributed by atoms with E-state index in [0.29, 0.717) is 10.2 Å². The second kappa shape index (κ2) is 6.80. The normalized spacial score (nSPS) is 13.0. The van der Waals surface area contributed by atoms with Gasteiger partial charge in [0.2, 0.25) is 0 Å². The van der Waals surface area contributed by atoms with Crippen molar-refractivity contribution in [2.75, 3.05) is 0 Å². The number of esters is 1. The lowest BCUT2D eigenvalue weighted by Gasteiger charge is -2.13. The van der Waals surface area contributed by atoms with E-state index in [1.807, 2.05) is 13.8 Å². The topological polar surface area (TPSA) is 72.0 Å². The number of thiophene rings is 1. The summed E-state index contributed by atoms with van der Waals surface area (Å²) in [7, 11) is 0. The maximum Gasteiger partial charge on any atom is 0.416 e. The molecule has 0 saturated heterocycles. The number of aromatic amines is 1. The smallest absolute Gasteiger partial charge is 0.416 e. The summed E-state index contributed by atoms with van der Waals surface area (Å²) in [4.78, 5) is 32.9. The van der Waals surface area contributed by atoms with Crippen molar-refractivity contribution in [3.8, 4) is 0 Å². The molecule has 0 amide bonds. The maximum atomic E-state index is 12.8. The van der Waals surface area contributed by atoms with Crippen LogP contribution in [0.5, 0.6) is 0 Å². The zero-order valence-corrected chi connectivity index (χ0v) is 15.4. The van der Waals surface area contributed by atoms with E-state index < -0.39 is 23.8 Å². The molecule has 142 valence electrons. The molecule has 0 aliphatic heterocycles. The summed E-state index contributed by atoms with van der Waals surface area (Å²) >= 11 is 1.35. The molecule has 0 saturated carbocycles. The van der Waals surface area contributed by atoms with Crippen molar-refractivity contribution in [3.05, 3.63) is 62.0 Å². The summed E-state index contributed by atoms with van der Waals surface area (Å²) in [6.45, 7) is 5.18. The van der Waals surface area contributed by atoms with Crippen molar-refractivity contribution in [2.24, 2.45) is 0 Å². The molecule has 27 heavy (non-hydrogen) atoms. The summed E-state index contributed by atoms with van der Waals surface area (Å²) in [5.41, 5.74) is -0.687. The Kier molecular flexibility index (Phi) is 4.81. The SMILES string of the molecule is Cc1sc2nc([C@H](C)OC(=O)c3cccc(C(F)(F)F)c3)[nH]c(=O)c2c1C. The summed E-state index contributed by atoms with van der Waals surface area (Å²) in [6, 6.07) is 3.96. The van der Waals surface area contributed by atoms with Crippen LogP contribution in [0.1, 0.15) is 45.2 Å². The molecule has 0 spiro atoms. The van der Waals surface area contributed by atoms with Gasteiger partial charge in [0.15, 0.2) is 11.9 Å². The summed E-state index contributed by atoms with van der Waals surface area (Å²) in [5, 5.41) is 0.484. The molecular formula is C18H15F3N2O3S. The third-order valence-corrected chi connectivity index (χ3v) is 5.25. The molecule has 0 aliphatic rings. The maximum absolute atomic E-state index is 12.8. The highest BCUT2D eigenvalue weighted by molar-refractivity contribution is 7.18. The predicted octanol–water partition coefficient (Wildman–Crippen LogP) is 4.54. The first kappa shape index (κ1) is 19.1. The Labute approximate surface area is 155 Å². The Morgan fingerprint density at radius 3 is 2.67 bits per heavy atom. The zero-order chi connectivity index (χ0) is 19.9. The van der Waals surface area contributed by atoms with Crippen molar-refractivity contribution in [3.63, 3.8) is 0 Å². The van der Waals surface area contributed by atoms with Crippen LogP contribution in [0, 0.1) is 13.8 Å². The van der Waals surface area contributed by atoms with E-state index in [0.717, 1.165) is 28.6 Å². The molecule has 2 aromatic heterocycles. The van der Waals surface area contributed by atoms with Crippen LogP contribution in [0.25, 0.3) is 10.2 Å². The van der Waals surface area contributed by atoms with E-state index in [1.165, 1.54) is 24.3 Å². The number of nitrogens with one attached hydrogen (secondary N) is 1. The van der Waals surface area contributed by atoms with Crippen LogP contribution in [-0.4, -0.2) is 15.9 Å². The number of benzene rings is 1. The van der Waals surface area contributed by atoms with E-state index in [2.05, 4.69) is 9.97 Å². The minimum absolute atomic E-state index is 0.133. The monoisotopic (exact) mass is 396 g/mol. The molecule has 0 unspecified atom stereocenters. The standard InChI is InChI=1S/C18H15F3N2O3S/c1-8-10(3)27-16-13(8)15(24)22-14(23-16)9(2)26-17(25)11-5-4-6-12(7-11)18(19,20)21/h4-7,9H,1-3H3,(H,22,23,24)/t9-/m0/s1. The molecular weight excluding hydrogens is 381 g/mol. The second-order valence-corrected chi connectivity index (χ2v) is 7.24. The van der Waals surface area contributed by atoms with Crippen LogP contribution in [0.4, 0.5) is 13.2 Å². The van der Waals surface area contributed by atoms with E-state index in [1.54, 1.807) is 0 Å². The van der Waals surface area contributed by atoms with Gasteiger partial charge in [-0.1, -0.05) is 6.07 Å². The van der Waals surface area contributed by atoms with Crippen LogP contribution in [-0.2, 0) is 10.9 Å². The third kappa shape index (κ3) is 3.73. The first-order valence-corrected chi connectivity index (χ1v) is 8.77. The molecule has 5 nitrogen and oxygen atoms in total. The van der Waals surface area contributed by atoms with Gasteiger partial charge in [0, 0.05) is 4.88 Å². The Balaban J connectivity index is 1.87. The number of H-pyrrole nitrogens is 1. The molecule has 3 aromatic rings. The van der Waals surface area contributed by atoms with Crippen molar-refractivity contribution < 1.29 is 22.7 Å². The summed E-state index contributed by atoms with van der Waals surface area (Å²) in [5.74, 6) is -0.802. The highest BCUT2D eigenvalue weighted by Crippen LogP contribution is 2.30. The number of ether oxygens (including phenoxy) is 1. The molecule has 0 bridgehead atoms. The third-order valence-electron chi connectivity index (χ3n) is 4.15. The quantitative estimate of drug-likeness (QED) is 0.660.